The second-order valence-electron chi connectivity index (χ2n) is 37.3. The molecule has 27 heteroatoms. The fourth-order valence-electron chi connectivity index (χ4n) is 19.5. The highest BCUT2D eigenvalue weighted by Gasteiger charge is 2.34. The normalized spacial score (nSPS) is 15.1. The molecule has 766 valence electrons. The van der Waals surface area contributed by atoms with Crippen molar-refractivity contribution in [2.75, 3.05) is 108 Å². The molecule has 0 unspecified atom stereocenters. The number of hydrogen-bond donors (Lipinski definition) is 6. The molecule has 6 atom stereocenters. The quantitative estimate of drug-likeness (QED) is 0.0214. The number of aryl methyl sites for hydroxylation is 6. The maximum absolute atomic E-state index is 13.5. The Balaban J connectivity index is 0.000000236. The Labute approximate surface area is 849 Å². The molecule has 0 spiro atoms. The third-order valence-corrected chi connectivity index (χ3v) is 26.8. The number of imidazole rings is 6. The average molecular weight is 2000 g/mol. The van der Waals surface area contributed by atoms with E-state index >= 15 is 0 Å². The first-order valence-corrected chi connectivity index (χ1v) is 49.3. The number of H-pyrrole nitrogens is 4. The predicted molar refractivity (Wildman–Crippen MR) is 590 cm³/mol. The first kappa shape index (κ1) is 115. The summed E-state index contributed by atoms with van der Waals surface area (Å²) in [6, 6.07) is 67.4. The molecule has 3 saturated heterocycles. The lowest BCUT2D eigenvalue weighted by molar-refractivity contribution is -0.134. The van der Waals surface area contributed by atoms with Crippen LogP contribution in [-0.2, 0) is 67.5 Å². The van der Waals surface area contributed by atoms with Crippen LogP contribution in [0.4, 0.5) is 0 Å². The molecule has 9 aromatic carbocycles. The number of aromatic nitrogens is 12. The summed E-state index contributed by atoms with van der Waals surface area (Å²) < 4.78 is 27.4. The molecule has 0 radical (unpaired) electrons. The van der Waals surface area contributed by atoms with Crippen LogP contribution >= 0.6 is 15.9 Å². The van der Waals surface area contributed by atoms with Crippen LogP contribution in [0.5, 0.6) is 0 Å². The zero-order valence-corrected chi connectivity index (χ0v) is 82.6. The fourth-order valence-corrected chi connectivity index (χ4v) is 19.8. The van der Waals surface area contributed by atoms with E-state index in [0.717, 1.165) is 264 Å². The molecular formula is C115H160BrN17O9. The topological polar surface area (TPSA) is 290 Å². The number of nitrogens with zero attached hydrogens (tertiary/aromatic N) is 11. The van der Waals surface area contributed by atoms with Crippen molar-refractivity contribution in [3.63, 3.8) is 0 Å². The standard InChI is InChI=1S/2C35H41N5O3.C27H34BrN3O2.C8H8N2O.C4H12N2.6CH4/c1-24-11-16-32-30(21-24)37-35(42)40(32)28-14-12-26(13-15-28)20-25(2)22-33(41)38-17-6-8-27(23-38)34-36-29-9-4-5-10-31(29)39(34)18-7-19-43-3;1-24-11-16-30-32(21-24)40(35(42)37-30)28-14-12-26(13-15-28)20-25(2)22-33(41)38-17-6-8-27(23-38)34-36-29-9-4-5-10-31(29)39(34)18-7-19-43-3;1-20(17-21-10-12-23(28)13-11-21)18-26(32)30-14-5-7-22(19-30)27-29-24-8-3-4-9-25(24)31(27)15-6-16-33-2;1-5-2-3-6-7(4-5)10-8(11)9-6;1-5-3-4-6-2;;;;;;/h2*4-5,9-16,21,25,27H,6-8,17-20,22-23H2,1-3H3,(H,37,42);3-4,8-13,20,22H,5-7,14-19H2,1-2H3;2-4H,1H3,(H2,9,10,11);5-6H,3-4H2,1-2H3;6*1H4/t2*25-,27-;20-,22-;;;;;;;;/m111......../s1. The van der Waals surface area contributed by atoms with Crippen LogP contribution in [0.3, 0.4) is 0 Å². The summed E-state index contributed by atoms with van der Waals surface area (Å²) >= 11 is 3.49. The number of ether oxygens (including phenoxy) is 3. The van der Waals surface area contributed by atoms with Crippen molar-refractivity contribution >= 4 is 99.9 Å². The molecular weight excluding hydrogens is 1840 g/mol. The van der Waals surface area contributed by atoms with E-state index in [-0.39, 0.29) is 109 Å². The number of halogens is 1. The zero-order valence-electron chi connectivity index (χ0n) is 81.0. The molecule has 3 amide bonds. The number of nitrogens with one attached hydrogen (secondary N) is 6. The summed E-state index contributed by atoms with van der Waals surface area (Å²) in [4.78, 5) is 109. The van der Waals surface area contributed by atoms with Crippen LogP contribution in [0, 0.1) is 38.5 Å². The van der Waals surface area contributed by atoms with Gasteiger partial charge in [0.2, 0.25) is 17.7 Å². The largest absolute Gasteiger partial charge is 0.385 e. The lowest BCUT2D eigenvalue weighted by Gasteiger charge is -2.33. The highest BCUT2D eigenvalue weighted by atomic mass is 79.9. The number of hydrogen-bond acceptors (Lipinski definition) is 14. The monoisotopic (exact) mass is 2000 g/mol. The van der Waals surface area contributed by atoms with Crippen molar-refractivity contribution in [1.29, 1.82) is 0 Å². The number of piperidine rings is 3. The minimum atomic E-state index is -0.148. The lowest BCUT2D eigenvalue weighted by atomic mass is 9.94. The van der Waals surface area contributed by atoms with Gasteiger partial charge in [0.05, 0.1) is 77.6 Å². The van der Waals surface area contributed by atoms with E-state index < -0.39 is 0 Å². The molecule has 6 aromatic heterocycles. The molecule has 15 aromatic rings. The van der Waals surface area contributed by atoms with Crippen LogP contribution in [-0.4, -0.2) is 198 Å². The molecule has 3 aliphatic heterocycles. The highest BCUT2D eigenvalue weighted by Crippen LogP contribution is 2.36. The van der Waals surface area contributed by atoms with Crippen molar-refractivity contribution in [1.82, 2.24) is 83.1 Å². The molecule has 142 heavy (non-hydrogen) atoms. The van der Waals surface area contributed by atoms with Gasteiger partial charge >= 0.3 is 17.1 Å². The van der Waals surface area contributed by atoms with Gasteiger partial charge in [-0.15, -0.1) is 0 Å². The van der Waals surface area contributed by atoms with E-state index in [2.05, 4.69) is 199 Å². The first-order valence-electron chi connectivity index (χ1n) is 48.5. The molecule has 0 saturated carbocycles. The van der Waals surface area contributed by atoms with Crippen molar-refractivity contribution in [3.05, 3.63) is 287 Å². The van der Waals surface area contributed by atoms with Crippen LogP contribution in [0.1, 0.15) is 211 Å². The number of amides is 3. The maximum atomic E-state index is 13.5. The van der Waals surface area contributed by atoms with Gasteiger partial charge in [-0.05, 0) is 272 Å². The number of likely N-dealkylation sites (N-methyl/N-ethyl adjacent to an activating group) is 2. The Morgan fingerprint density at radius 3 is 1.11 bits per heavy atom. The Kier molecular flexibility index (Phi) is 45.5. The van der Waals surface area contributed by atoms with Gasteiger partial charge < -0.3 is 73.2 Å². The Bertz CT molecular complexity index is 6630. The predicted octanol–water partition coefficient (Wildman–Crippen LogP) is 22.2. The number of methoxy groups -OCH3 is 3. The average Bonchev–Trinajstić information content (AvgIpc) is 1.65. The van der Waals surface area contributed by atoms with Gasteiger partial charge in [-0.2, -0.15) is 0 Å². The van der Waals surface area contributed by atoms with Gasteiger partial charge in [-0.1, -0.05) is 172 Å². The molecule has 3 aliphatic rings. The van der Waals surface area contributed by atoms with E-state index in [0.29, 0.717) is 51.5 Å². The SMILES string of the molecule is C.C.C.C.C.C.CNCCNC.COCCCn1c([C@@H]2CCCN(C(=O)C[C@H](C)Cc3ccc(-n4c(=O)[nH]c5cc(C)ccc54)cc3)C2)nc2ccccc21.COCCCn1c([C@@H]2CCCN(C(=O)C[C@H](C)Cc3ccc(-n4c(=O)[nH]c5ccc(C)cc54)cc3)C2)nc2ccccc21.COCCCn1c([C@@H]2CCCN(C(=O)C[C@H](C)Cc3ccc(Br)cc3)C2)nc2ccccc21.Cc1ccc2[nH]c(=O)[nH]c2c1. The zero-order chi connectivity index (χ0) is 95.7. The third kappa shape index (κ3) is 30.0. The van der Waals surface area contributed by atoms with Crippen molar-refractivity contribution < 1.29 is 28.6 Å². The summed E-state index contributed by atoms with van der Waals surface area (Å²) in [5, 5.41) is 6.01. The number of rotatable bonds is 32. The Morgan fingerprint density at radius 2 is 0.725 bits per heavy atom. The van der Waals surface area contributed by atoms with Crippen molar-refractivity contribution in [3.8, 4) is 11.4 Å². The van der Waals surface area contributed by atoms with E-state index in [4.69, 9.17) is 29.2 Å². The van der Waals surface area contributed by atoms with E-state index in [1.54, 1.807) is 30.5 Å². The van der Waals surface area contributed by atoms with Crippen LogP contribution in [0.15, 0.2) is 219 Å². The first-order chi connectivity index (χ1) is 66.0. The minimum Gasteiger partial charge on any atom is -0.385 e. The molecule has 26 nitrogen and oxygen atoms in total. The third-order valence-electron chi connectivity index (χ3n) is 26.3. The molecule has 9 heterocycles. The number of likely N-dealkylation sites (tertiary alicyclic amines) is 3. The summed E-state index contributed by atoms with van der Waals surface area (Å²) in [6.07, 6.45) is 13.1. The number of carbonyl (C=O) groups excluding carboxylic acids is 3. The van der Waals surface area contributed by atoms with Gasteiger partial charge in [0.1, 0.15) is 17.5 Å². The molecule has 6 N–H and O–H groups in total. The maximum Gasteiger partial charge on any atom is 0.331 e. The fraction of sp³-hybridized carbons (Fsp3) is 0.452. The van der Waals surface area contributed by atoms with Gasteiger partial charge in [-0.3, -0.25) is 23.5 Å². The van der Waals surface area contributed by atoms with Gasteiger partial charge in [-0.25, -0.2) is 29.3 Å². The molecule has 18 rings (SSSR count). The second-order valence-corrected chi connectivity index (χ2v) is 38.2. The number of para-hydroxylation sites is 6. The van der Waals surface area contributed by atoms with Crippen LogP contribution in [0.25, 0.3) is 77.6 Å². The van der Waals surface area contributed by atoms with Crippen LogP contribution < -0.4 is 27.7 Å². The van der Waals surface area contributed by atoms with E-state index in [1.165, 1.54) is 11.1 Å². The number of aromatic amines is 4. The van der Waals surface area contributed by atoms with E-state index in [9.17, 15) is 28.8 Å². The number of fused-ring (bicyclic) bond motifs is 6. The smallest absolute Gasteiger partial charge is 0.331 e. The van der Waals surface area contributed by atoms with Crippen molar-refractivity contribution in [2.24, 2.45) is 17.8 Å². The number of benzene rings is 9. The summed E-state index contributed by atoms with van der Waals surface area (Å²) in [6.45, 7) is 24.0. The second kappa shape index (κ2) is 56.1. The lowest BCUT2D eigenvalue weighted by Crippen LogP contribution is -2.40. The van der Waals surface area contributed by atoms with E-state index in [1.807, 2.05) is 132 Å². The minimum absolute atomic E-state index is 0. The van der Waals surface area contributed by atoms with Crippen molar-refractivity contribution in [2.45, 2.75) is 220 Å². The highest BCUT2D eigenvalue weighted by molar-refractivity contribution is 9.10. The molecule has 0 bridgehead atoms. The van der Waals surface area contributed by atoms with Gasteiger partial charge in [0, 0.05) is 155 Å². The summed E-state index contributed by atoms with van der Waals surface area (Å²) in [5.74, 6) is 5.47. The van der Waals surface area contributed by atoms with Gasteiger partial charge in [0.25, 0.3) is 0 Å². The van der Waals surface area contributed by atoms with Gasteiger partial charge in [0.15, 0.2) is 0 Å². The summed E-state index contributed by atoms with van der Waals surface area (Å²) in [7, 11) is 9.10. The number of carbonyl (C=O) groups is 3. The molecule has 0 aliphatic carbocycles. The van der Waals surface area contributed by atoms with Crippen LogP contribution in [0.2, 0.25) is 0 Å². The molecule has 3 fully saturated rings. The Hall–Kier alpha value is -12.1. The summed E-state index contributed by atoms with van der Waals surface area (Å²) in [5.41, 5.74) is 19.9. The Morgan fingerprint density at radius 1 is 0.394 bits per heavy atom.